The molecule has 0 radical (unpaired) electrons. The minimum atomic E-state index is -4.21. The Morgan fingerprint density at radius 3 is 2.65 bits per heavy atom. The van der Waals surface area contributed by atoms with Crippen molar-refractivity contribution < 1.29 is 22.7 Å². The van der Waals surface area contributed by atoms with Crippen LogP contribution in [0.2, 0.25) is 0 Å². The average molecular weight is 294 g/mol. The first-order valence-electron chi connectivity index (χ1n) is 7.14. The standard InChI is InChI=1S/C13H21F3N2O2/c1-2-10-9(5-6-20-10)12(19)18-8-3-4-11(17-7-8)13(14,15)16/h8-11,17H,2-7H2,1H3,(H,18,19). The number of amides is 1. The van der Waals surface area contributed by atoms with Gasteiger partial charge in [-0.1, -0.05) is 6.92 Å². The van der Waals surface area contributed by atoms with Crippen LogP contribution in [0.5, 0.6) is 0 Å². The van der Waals surface area contributed by atoms with Gasteiger partial charge in [0.05, 0.1) is 12.0 Å². The van der Waals surface area contributed by atoms with Crippen molar-refractivity contribution in [2.45, 2.75) is 57.0 Å². The molecule has 1 amide bonds. The summed E-state index contributed by atoms with van der Waals surface area (Å²) < 4.78 is 43.0. The molecule has 2 heterocycles. The van der Waals surface area contributed by atoms with Gasteiger partial charge in [0, 0.05) is 19.2 Å². The number of piperidine rings is 1. The predicted octanol–water partition coefficient (Wildman–Crippen LogP) is 1.60. The average Bonchev–Trinajstić information content (AvgIpc) is 2.86. The fourth-order valence-corrected chi connectivity index (χ4v) is 2.92. The maximum Gasteiger partial charge on any atom is 0.403 e. The van der Waals surface area contributed by atoms with Gasteiger partial charge in [0.15, 0.2) is 0 Å². The zero-order valence-electron chi connectivity index (χ0n) is 11.5. The summed E-state index contributed by atoms with van der Waals surface area (Å²) in [5.74, 6) is -0.257. The monoisotopic (exact) mass is 294 g/mol. The summed E-state index contributed by atoms with van der Waals surface area (Å²) in [5.41, 5.74) is 0. The van der Waals surface area contributed by atoms with E-state index in [2.05, 4.69) is 10.6 Å². The number of carbonyl (C=O) groups is 1. The molecule has 4 unspecified atom stereocenters. The highest BCUT2D eigenvalue weighted by Gasteiger charge is 2.42. The van der Waals surface area contributed by atoms with Crippen molar-refractivity contribution in [2.75, 3.05) is 13.2 Å². The van der Waals surface area contributed by atoms with Gasteiger partial charge >= 0.3 is 6.18 Å². The number of alkyl halides is 3. The van der Waals surface area contributed by atoms with E-state index in [-0.39, 0.29) is 36.9 Å². The molecule has 4 nitrogen and oxygen atoms in total. The quantitative estimate of drug-likeness (QED) is 0.831. The van der Waals surface area contributed by atoms with Crippen molar-refractivity contribution in [3.05, 3.63) is 0 Å². The molecule has 116 valence electrons. The Hall–Kier alpha value is -0.820. The first kappa shape index (κ1) is 15.6. The van der Waals surface area contributed by atoms with Crippen LogP contribution in [0, 0.1) is 5.92 Å². The SMILES string of the molecule is CCC1OCCC1C(=O)NC1CCC(C(F)(F)F)NC1. The van der Waals surface area contributed by atoms with E-state index < -0.39 is 12.2 Å². The number of carbonyl (C=O) groups excluding carboxylic acids is 1. The molecule has 20 heavy (non-hydrogen) atoms. The van der Waals surface area contributed by atoms with Gasteiger partial charge in [-0.2, -0.15) is 13.2 Å². The second-order valence-corrected chi connectivity index (χ2v) is 5.50. The summed E-state index contributed by atoms with van der Waals surface area (Å²) >= 11 is 0. The van der Waals surface area contributed by atoms with E-state index in [1.165, 1.54) is 0 Å². The summed E-state index contributed by atoms with van der Waals surface area (Å²) in [6.07, 6.45) is -2.44. The summed E-state index contributed by atoms with van der Waals surface area (Å²) in [6, 6.07) is -1.67. The molecule has 0 aromatic carbocycles. The number of ether oxygens (including phenoxy) is 1. The van der Waals surface area contributed by atoms with Gasteiger partial charge in [-0.25, -0.2) is 0 Å². The number of rotatable bonds is 3. The van der Waals surface area contributed by atoms with Crippen LogP contribution in [0.4, 0.5) is 13.2 Å². The molecule has 0 spiro atoms. The first-order chi connectivity index (χ1) is 9.41. The second-order valence-electron chi connectivity index (χ2n) is 5.50. The van der Waals surface area contributed by atoms with Crippen LogP contribution in [0.3, 0.4) is 0 Å². The lowest BCUT2D eigenvalue weighted by Crippen LogP contribution is -2.55. The normalized spacial score (nSPS) is 35.0. The molecule has 0 bridgehead atoms. The van der Waals surface area contributed by atoms with Gasteiger partial charge in [-0.05, 0) is 25.7 Å². The molecule has 2 aliphatic heterocycles. The Balaban J connectivity index is 1.79. The van der Waals surface area contributed by atoms with E-state index in [0.29, 0.717) is 19.4 Å². The Kier molecular flexibility index (Phi) is 4.90. The minimum absolute atomic E-state index is 0.00677. The van der Waals surface area contributed by atoms with Crippen LogP contribution < -0.4 is 10.6 Å². The van der Waals surface area contributed by atoms with Gasteiger partial charge in [0.25, 0.3) is 0 Å². The maximum atomic E-state index is 12.5. The van der Waals surface area contributed by atoms with Gasteiger partial charge in [-0.3, -0.25) is 4.79 Å². The summed E-state index contributed by atoms with van der Waals surface area (Å²) in [7, 11) is 0. The van der Waals surface area contributed by atoms with E-state index in [9.17, 15) is 18.0 Å². The molecule has 2 saturated heterocycles. The second kappa shape index (κ2) is 6.30. The van der Waals surface area contributed by atoms with Crippen LogP contribution in [0.15, 0.2) is 0 Å². The Bertz CT molecular complexity index is 341. The lowest BCUT2D eigenvalue weighted by molar-refractivity contribution is -0.161. The molecule has 0 aliphatic carbocycles. The molecule has 7 heteroatoms. The van der Waals surface area contributed by atoms with Crippen LogP contribution in [-0.4, -0.2) is 43.4 Å². The van der Waals surface area contributed by atoms with Gasteiger partial charge in [0.1, 0.15) is 6.04 Å². The highest BCUT2D eigenvalue weighted by molar-refractivity contribution is 5.79. The molecule has 0 aromatic heterocycles. The Morgan fingerprint density at radius 1 is 1.35 bits per heavy atom. The van der Waals surface area contributed by atoms with Crippen LogP contribution in [0.1, 0.15) is 32.6 Å². The molecule has 2 N–H and O–H groups in total. The lowest BCUT2D eigenvalue weighted by atomic mass is 9.96. The predicted molar refractivity (Wildman–Crippen MR) is 67.1 cm³/mol. The fourth-order valence-electron chi connectivity index (χ4n) is 2.92. The van der Waals surface area contributed by atoms with Crippen molar-refractivity contribution >= 4 is 5.91 Å². The third-order valence-corrected chi connectivity index (χ3v) is 4.10. The van der Waals surface area contributed by atoms with Crippen molar-refractivity contribution in [1.82, 2.24) is 10.6 Å². The largest absolute Gasteiger partial charge is 0.403 e. The Labute approximate surface area is 116 Å². The molecule has 0 aromatic rings. The topological polar surface area (TPSA) is 50.4 Å². The van der Waals surface area contributed by atoms with Gasteiger partial charge < -0.3 is 15.4 Å². The summed E-state index contributed by atoms with van der Waals surface area (Å²) in [5, 5.41) is 5.31. The third kappa shape index (κ3) is 3.63. The van der Waals surface area contributed by atoms with Crippen molar-refractivity contribution in [1.29, 1.82) is 0 Å². The van der Waals surface area contributed by atoms with E-state index in [1.807, 2.05) is 6.92 Å². The lowest BCUT2D eigenvalue weighted by Gasteiger charge is -2.32. The van der Waals surface area contributed by atoms with Crippen LogP contribution >= 0.6 is 0 Å². The van der Waals surface area contributed by atoms with Gasteiger partial charge in [0.2, 0.25) is 5.91 Å². The van der Waals surface area contributed by atoms with E-state index in [1.54, 1.807) is 0 Å². The molecular weight excluding hydrogens is 273 g/mol. The van der Waals surface area contributed by atoms with E-state index in [4.69, 9.17) is 4.74 Å². The molecule has 2 rings (SSSR count). The third-order valence-electron chi connectivity index (χ3n) is 4.10. The van der Waals surface area contributed by atoms with Crippen molar-refractivity contribution in [3.8, 4) is 0 Å². The zero-order valence-corrected chi connectivity index (χ0v) is 11.5. The van der Waals surface area contributed by atoms with Crippen LogP contribution in [0.25, 0.3) is 0 Å². The Morgan fingerprint density at radius 2 is 2.10 bits per heavy atom. The highest BCUT2D eigenvalue weighted by Crippen LogP contribution is 2.27. The summed E-state index contributed by atoms with van der Waals surface area (Å²) in [6.45, 7) is 2.71. The maximum absolute atomic E-state index is 12.5. The van der Waals surface area contributed by atoms with Crippen LogP contribution in [-0.2, 0) is 9.53 Å². The van der Waals surface area contributed by atoms with Crippen molar-refractivity contribution in [2.24, 2.45) is 5.92 Å². The highest BCUT2D eigenvalue weighted by atomic mass is 19.4. The molecule has 2 fully saturated rings. The fraction of sp³-hybridized carbons (Fsp3) is 0.923. The van der Waals surface area contributed by atoms with E-state index in [0.717, 1.165) is 6.42 Å². The summed E-state index contributed by atoms with van der Waals surface area (Å²) in [4.78, 5) is 12.1. The van der Waals surface area contributed by atoms with Crippen molar-refractivity contribution in [3.63, 3.8) is 0 Å². The zero-order chi connectivity index (χ0) is 14.8. The molecule has 2 aliphatic rings. The van der Waals surface area contributed by atoms with Gasteiger partial charge in [-0.15, -0.1) is 0 Å². The number of nitrogens with one attached hydrogen (secondary N) is 2. The minimum Gasteiger partial charge on any atom is -0.377 e. The first-order valence-corrected chi connectivity index (χ1v) is 7.14. The number of hydrogen-bond acceptors (Lipinski definition) is 3. The number of halogens is 3. The smallest absolute Gasteiger partial charge is 0.377 e. The molecule has 0 saturated carbocycles. The molecule has 4 atom stereocenters. The molecular formula is C13H21F3N2O2. The van der Waals surface area contributed by atoms with E-state index >= 15 is 0 Å². The number of hydrogen-bond donors (Lipinski definition) is 2.